The van der Waals surface area contributed by atoms with Gasteiger partial charge < -0.3 is 18.9 Å². The Hall–Kier alpha value is -3.27. The summed E-state index contributed by atoms with van der Waals surface area (Å²) >= 11 is 1.21. The van der Waals surface area contributed by atoms with Gasteiger partial charge in [0.2, 0.25) is 5.16 Å². The smallest absolute Gasteiger partial charge is 0.214 e. The van der Waals surface area contributed by atoms with Gasteiger partial charge in [-0.3, -0.25) is 4.79 Å². The van der Waals surface area contributed by atoms with Gasteiger partial charge in [-0.2, -0.15) is 4.68 Å². The van der Waals surface area contributed by atoms with Crippen LogP contribution < -0.4 is 18.9 Å². The van der Waals surface area contributed by atoms with Crippen molar-refractivity contribution in [1.29, 1.82) is 0 Å². The van der Waals surface area contributed by atoms with E-state index in [9.17, 15) is 4.79 Å². The Morgan fingerprint density at radius 1 is 0.931 bits per heavy atom. The molecule has 3 aromatic rings. The maximum Gasteiger partial charge on any atom is 0.214 e. The zero-order valence-corrected chi connectivity index (χ0v) is 17.2. The second-order valence-corrected chi connectivity index (χ2v) is 6.63. The molecule has 0 amide bonds. The van der Waals surface area contributed by atoms with Gasteiger partial charge in [0, 0.05) is 6.07 Å². The molecule has 0 fully saturated rings. The first kappa shape index (κ1) is 20.5. The third-order valence-corrected chi connectivity index (χ3v) is 5.01. The van der Waals surface area contributed by atoms with Crippen LogP contribution >= 0.6 is 11.8 Å². The van der Waals surface area contributed by atoms with Crippen LogP contribution in [0, 0.1) is 0 Å². The molecule has 0 unspecified atom stereocenters. The van der Waals surface area contributed by atoms with Crippen molar-refractivity contribution in [2.45, 2.75) is 5.16 Å². The molecule has 3 rings (SSSR count). The monoisotopic (exact) mass is 416 g/mol. The summed E-state index contributed by atoms with van der Waals surface area (Å²) in [5, 5.41) is 12.2. The van der Waals surface area contributed by atoms with Crippen molar-refractivity contribution in [3.05, 3.63) is 42.0 Å². The third kappa shape index (κ3) is 4.43. The van der Waals surface area contributed by atoms with E-state index in [1.807, 2.05) is 0 Å². The van der Waals surface area contributed by atoms with Crippen LogP contribution in [0.1, 0.15) is 10.4 Å². The van der Waals surface area contributed by atoms with Gasteiger partial charge >= 0.3 is 0 Å². The molecule has 0 bridgehead atoms. The molecule has 0 atom stereocenters. The average Bonchev–Trinajstić information content (AvgIpc) is 3.24. The van der Waals surface area contributed by atoms with Crippen molar-refractivity contribution < 1.29 is 23.7 Å². The summed E-state index contributed by atoms with van der Waals surface area (Å²) in [6.45, 7) is 0. The quantitative estimate of drug-likeness (QED) is 0.385. The van der Waals surface area contributed by atoms with Crippen molar-refractivity contribution >= 4 is 17.5 Å². The van der Waals surface area contributed by atoms with Crippen LogP contribution in [0.4, 0.5) is 0 Å². The molecule has 0 saturated heterocycles. The van der Waals surface area contributed by atoms with Gasteiger partial charge in [-0.1, -0.05) is 11.8 Å². The van der Waals surface area contributed by atoms with Crippen molar-refractivity contribution in [2.24, 2.45) is 0 Å². The van der Waals surface area contributed by atoms with Crippen LogP contribution in [0.15, 0.2) is 41.6 Å². The van der Waals surface area contributed by atoms with Gasteiger partial charge in [-0.05, 0) is 40.8 Å². The van der Waals surface area contributed by atoms with E-state index < -0.39 is 0 Å². The summed E-state index contributed by atoms with van der Waals surface area (Å²) in [6, 6.07) is 10.4. The van der Waals surface area contributed by atoms with Gasteiger partial charge in [-0.25, -0.2) is 0 Å². The molecule has 152 valence electrons. The lowest BCUT2D eigenvalue weighted by molar-refractivity contribution is 0.101. The number of rotatable bonds is 9. The molecule has 0 spiro atoms. The van der Waals surface area contributed by atoms with Crippen molar-refractivity contribution in [2.75, 3.05) is 34.2 Å². The van der Waals surface area contributed by atoms with Gasteiger partial charge in [0.05, 0.1) is 39.8 Å². The normalized spacial score (nSPS) is 10.5. The van der Waals surface area contributed by atoms with Gasteiger partial charge in [0.1, 0.15) is 28.7 Å². The van der Waals surface area contributed by atoms with E-state index in [1.54, 1.807) is 57.7 Å². The van der Waals surface area contributed by atoms with Crippen LogP contribution in [0.2, 0.25) is 0 Å². The van der Waals surface area contributed by atoms with Gasteiger partial charge in [-0.15, -0.1) is 5.10 Å². The Morgan fingerprint density at radius 3 is 2.31 bits per heavy atom. The van der Waals surface area contributed by atoms with E-state index in [1.165, 1.54) is 23.6 Å². The first-order valence-electron chi connectivity index (χ1n) is 8.50. The molecule has 9 nitrogen and oxygen atoms in total. The minimum atomic E-state index is -0.137. The molecule has 29 heavy (non-hydrogen) atoms. The Balaban J connectivity index is 1.82. The number of Topliss-reactive ketones (excluding diaryl/α,β-unsaturated/α-hetero) is 1. The molecule has 0 aliphatic heterocycles. The molecule has 2 aromatic carbocycles. The average molecular weight is 416 g/mol. The Bertz CT molecular complexity index is 1010. The largest absolute Gasteiger partial charge is 0.497 e. The minimum absolute atomic E-state index is 0.113. The lowest BCUT2D eigenvalue weighted by Crippen LogP contribution is -2.07. The van der Waals surface area contributed by atoms with E-state index in [-0.39, 0.29) is 11.5 Å². The topological polar surface area (TPSA) is 97.6 Å². The summed E-state index contributed by atoms with van der Waals surface area (Å²) < 4.78 is 22.6. The molecular weight excluding hydrogens is 396 g/mol. The Kier molecular flexibility index (Phi) is 6.55. The van der Waals surface area contributed by atoms with Crippen molar-refractivity contribution in [3.63, 3.8) is 0 Å². The number of methoxy groups -OCH3 is 4. The fourth-order valence-corrected chi connectivity index (χ4v) is 3.39. The zero-order valence-electron chi connectivity index (χ0n) is 16.4. The predicted octanol–water partition coefficient (Wildman–Crippen LogP) is 2.67. The third-order valence-electron chi connectivity index (χ3n) is 4.10. The van der Waals surface area contributed by atoms with Gasteiger partial charge in [0.15, 0.2) is 5.78 Å². The number of aromatic nitrogens is 4. The van der Waals surface area contributed by atoms with E-state index in [0.717, 1.165) is 0 Å². The summed E-state index contributed by atoms with van der Waals surface area (Å²) in [7, 11) is 6.18. The molecule has 0 saturated carbocycles. The molecule has 0 N–H and O–H groups in total. The maximum absolute atomic E-state index is 12.8. The maximum atomic E-state index is 12.8. The molecule has 1 aromatic heterocycles. The number of nitrogens with zero attached hydrogens (tertiary/aromatic N) is 4. The number of ketones is 1. The highest BCUT2D eigenvalue weighted by Gasteiger charge is 2.18. The number of ether oxygens (including phenoxy) is 4. The molecular formula is C19H20N4O5S. The number of benzene rings is 2. The number of hydrogen-bond donors (Lipinski definition) is 0. The fraction of sp³-hybridized carbons (Fsp3) is 0.263. The standard InChI is InChI=1S/C19H20N4O5S/c1-25-12-6-8-17(27-3)14(9-12)16(24)11-29-19-20-21-22-23(19)15-7-5-13(26-2)10-18(15)28-4/h5-10H,11H2,1-4H3. The minimum Gasteiger partial charge on any atom is -0.497 e. The SMILES string of the molecule is COc1ccc(-n2nnnc2SCC(=O)c2cc(OC)ccc2OC)c(OC)c1. The van der Waals surface area contributed by atoms with E-state index >= 15 is 0 Å². The van der Waals surface area contributed by atoms with E-state index in [0.29, 0.717) is 39.4 Å². The van der Waals surface area contributed by atoms with Crippen LogP contribution in [-0.4, -0.2) is 60.2 Å². The lowest BCUT2D eigenvalue weighted by atomic mass is 10.1. The first-order valence-corrected chi connectivity index (χ1v) is 9.48. The van der Waals surface area contributed by atoms with Crippen LogP contribution in [0.5, 0.6) is 23.0 Å². The summed E-state index contributed by atoms with van der Waals surface area (Å²) in [5.74, 6) is 2.22. The summed E-state index contributed by atoms with van der Waals surface area (Å²) in [5.41, 5.74) is 1.06. The number of carbonyl (C=O) groups excluding carboxylic acids is 1. The highest BCUT2D eigenvalue weighted by molar-refractivity contribution is 7.99. The molecule has 0 radical (unpaired) electrons. The Labute approximate surface area is 171 Å². The lowest BCUT2D eigenvalue weighted by Gasteiger charge is -2.11. The number of hydrogen-bond acceptors (Lipinski definition) is 9. The summed E-state index contributed by atoms with van der Waals surface area (Å²) in [4.78, 5) is 12.8. The van der Waals surface area contributed by atoms with Crippen LogP contribution in [0.25, 0.3) is 5.69 Å². The molecule has 0 aliphatic carbocycles. The zero-order chi connectivity index (χ0) is 20.8. The molecule has 0 aliphatic rings. The van der Waals surface area contributed by atoms with E-state index in [2.05, 4.69) is 15.5 Å². The number of thioether (sulfide) groups is 1. The highest BCUT2D eigenvalue weighted by Crippen LogP contribution is 2.31. The van der Waals surface area contributed by atoms with E-state index in [4.69, 9.17) is 18.9 Å². The highest BCUT2D eigenvalue weighted by atomic mass is 32.2. The summed E-state index contributed by atoms with van der Waals surface area (Å²) in [6.07, 6.45) is 0. The molecule has 10 heteroatoms. The number of tetrazole rings is 1. The predicted molar refractivity (Wildman–Crippen MR) is 107 cm³/mol. The second kappa shape index (κ2) is 9.28. The number of carbonyl (C=O) groups is 1. The molecule has 1 heterocycles. The van der Waals surface area contributed by atoms with Crippen molar-refractivity contribution in [3.8, 4) is 28.7 Å². The second-order valence-electron chi connectivity index (χ2n) is 5.69. The van der Waals surface area contributed by atoms with Crippen LogP contribution in [0.3, 0.4) is 0 Å². The van der Waals surface area contributed by atoms with Crippen LogP contribution in [-0.2, 0) is 0 Å². The first-order chi connectivity index (χ1) is 14.1. The van der Waals surface area contributed by atoms with Gasteiger partial charge in [0.25, 0.3) is 0 Å². The Morgan fingerprint density at radius 2 is 1.62 bits per heavy atom. The fourth-order valence-electron chi connectivity index (χ4n) is 2.62. The van der Waals surface area contributed by atoms with Crippen molar-refractivity contribution in [1.82, 2.24) is 20.2 Å².